The fourth-order valence-electron chi connectivity index (χ4n) is 4.75. The van der Waals surface area contributed by atoms with Gasteiger partial charge in [0.05, 0.1) is 16.8 Å². The summed E-state index contributed by atoms with van der Waals surface area (Å²) in [4.78, 5) is 65.8. The second-order valence-corrected chi connectivity index (χ2v) is 8.66. The number of hydrogen-bond donors (Lipinski definition) is 1. The van der Waals surface area contributed by atoms with E-state index in [1.165, 1.54) is 13.1 Å². The predicted octanol–water partition coefficient (Wildman–Crippen LogP) is 1.47. The third kappa shape index (κ3) is 4.36. The highest BCUT2D eigenvalue weighted by Gasteiger charge is 2.46. The molecule has 2 saturated heterocycles. The summed E-state index contributed by atoms with van der Waals surface area (Å²) in [7, 11) is 1.36. The Kier molecular flexibility index (Phi) is 6.09. The van der Waals surface area contributed by atoms with Crippen LogP contribution in [0.15, 0.2) is 18.2 Å². The lowest BCUT2D eigenvalue weighted by Crippen LogP contribution is -2.54. The number of carbonyl (C=O) groups excluding carboxylic acids is 5. The number of halogens is 3. The Bertz CT molecular complexity index is 1070. The van der Waals surface area contributed by atoms with Crippen molar-refractivity contribution in [1.82, 2.24) is 15.1 Å². The number of rotatable bonds is 4. The smallest absolute Gasteiger partial charge is 0.371 e. The van der Waals surface area contributed by atoms with Crippen molar-refractivity contribution >= 4 is 35.2 Å². The maximum Gasteiger partial charge on any atom is 0.397 e. The van der Waals surface area contributed by atoms with E-state index in [1.807, 2.05) is 4.90 Å². The van der Waals surface area contributed by atoms with Crippen molar-refractivity contribution < 1.29 is 37.1 Å². The van der Waals surface area contributed by atoms with Gasteiger partial charge >= 0.3 is 6.18 Å². The van der Waals surface area contributed by atoms with E-state index in [9.17, 15) is 37.1 Å². The summed E-state index contributed by atoms with van der Waals surface area (Å²) in [5.41, 5.74) is 0.817. The lowest BCUT2D eigenvalue weighted by atomic mass is 10.00. The van der Waals surface area contributed by atoms with Crippen molar-refractivity contribution in [2.24, 2.45) is 0 Å². The number of imide groups is 2. The summed E-state index contributed by atoms with van der Waals surface area (Å²) < 4.78 is 37.7. The summed E-state index contributed by atoms with van der Waals surface area (Å²) in [6, 6.07) is 3.35. The maximum atomic E-state index is 13.2. The van der Waals surface area contributed by atoms with Crippen LogP contribution >= 0.6 is 0 Å². The van der Waals surface area contributed by atoms with Crippen LogP contribution in [0.5, 0.6) is 0 Å². The molecule has 1 N–H and O–H groups in total. The van der Waals surface area contributed by atoms with Crippen LogP contribution in [0.3, 0.4) is 0 Å². The molecule has 12 heteroatoms. The molecule has 5 amide bonds. The summed E-state index contributed by atoms with van der Waals surface area (Å²) in [6.45, 7) is 0.731. The van der Waals surface area contributed by atoms with Crippen molar-refractivity contribution in [1.29, 1.82) is 0 Å². The van der Waals surface area contributed by atoms with E-state index < -0.39 is 48.2 Å². The van der Waals surface area contributed by atoms with E-state index in [1.54, 1.807) is 12.1 Å². The third-order valence-electron chi connectivity index (χ3n) is 6.54. The van der Waals surface area contributed by atoms with Gasteiger partial charge in [0.1, 0.15) is 12.5 Å². The maximum absolute atomic E-state index is 13.2. The lowest BCUT2D eigenvalue weighted by Gasteiger charge is -2.38. The van der Waals surface area contributed by atoms with Gasteiger partial charge in [-0.3, -0.25) is 34.2 Å². The first-order chi connectivity index (χ1) is 16.0. The number of hydrogen-bond acceptors (Lipinski definition) is 6. The van der Waals surface area contributed by atoms with E-state index in [4.69, 9.17) is 0 Å². The van der Waals surface area contributed by atoms with Crippen molar-refractivity contribution in [3.05, 3.63) is 29.3 Å². The van der Waals surface area contributed by atoms with Gasteiger partial charge < -0.3 is 9.80 Å². The number of fused-ring (bicyclic) bond motifs is 1. The van der Waals surface area contributed by atoms with Crippen LogP contribution in [0.1, 0.15) is 52.8 Å². The average Bonchev–Trinajstić information content (AvgIpc) is 3.03. The van der Waals surface area contributed by atoms with Crippen molar-refractivity contribution in [3.8, 4) is 0 Å². The van der Waals surface area contributed by atoms with Gasteiger partial charge in [0, 0.05) is 32.6 Å². The highest BCUT2D eigenvalue weighted by molar-refractivity contribution is 6.25. The molecule has 182 valence electrons. The summed E-state index contributed by atoms with van der Waals surface area (Å²) in [6.07, 6.45) is -5.23. The summed E-state index contributed by atoms with van der Waals surface area (Å²) in [5.74, 6) is -3.37. The monoisotopic (exact) mass is 480 g/mol. The molecule has 1 aromatic rings. The van der Waals surface area contributed by atoms with E-state index in [2.05, 4.69) is 5.32 Å². The Morgan fingerprint density at radius 3 is 2.38 bits per heavy atom. The Morgan fingerprint density at radius 2 is 1.76 bits per heavy atom. The topological polar surface area (TPSA) is 107 Å². The standard InChI is InChI=1S/C22H23F3N4O5/c1-27(17(31)11-22(23,24)25)12-7-9-28(10-8-12)14-4-2-3-13-18(14)21(34)29(20(13)33)15-5-6-16(30)26-19(15)32/h2-4,12,15H,5-11H2,1H3,(H,26,30,32). The first kappa shape index (κ1) is 23.7. The molecule has 1 aromatic carbocycles. The van der Waals surface area contributed by atoms with Gasteiger partial charge in [0.2, 0.25) is 17.7 Å². The minimum absolute atomic E-state index is 0.0186. The van der Waals surface area contributed by atoms with Gasteiger partial charge in [-0.05, 0) is 31.4 Å². The molecule has 3 aliphatic rings. The molecule has 1 unspecified atom stereocenters. The van der Waals surface area contributed by atoms with Gasteiger partial charge in [-0.1, -0.05) is 6.07 Å². The normalized spacial score (nSPS) is 21.6. The highest BCUT2D eigenvalue weighted by atomic mass is 19.4. The van der Waals surface area contributed by atoms with Gasteiger partial charge in [-0.25, -0.2) is 0 Å². The first-order valence-electron chi connectivity index (χ1n) is 10.9. The lowest BCUT2D eigenvalue weighted by molar-refractivity contribution is -0.162. The fraction of sp³-hybridized carbons (Fsp3) is 0.500. The Hall–Kier alpha value is -3.44. The quantitative estimate of drug-likeness (QED) is 0.655. The third-order valence-corrected chi connectivity index (χ3v) is 6.54. The van der Waals surface area contributed by atoms with Gasteiger partial charge in [0.25, 0.3) is 11.8 Å². The molecular formula is C22H23F3N4O5. The Labute approximate surface area is 192 Å². The van der Waals surface area contributed by atoms with Gasteiger partial charge in [0.15, 0.2) is 0 Å². The number of carbonyl (C=O) groups is 5. The number of nitrogens with one attached hydrogen (secondary N) is 1. The zero-order valence-electron chi connectivity index (χ0n) is 18.4. The number of benzene rings is 1. The number of nitrogens with zero attached hydrogens (tertiary/aromatic N) is 3. The molecule has 0 aromatic heterocycles. The summed E-state index contributed by atoms with van der Waals surface area (Å²) >= 11 is 0. The molecule has 4 rings (SSSR count). The molecule has 2 fully saturated rings. The van der Waals surface area contributed by atoms with Crippen LogP contribution in [0, 0.1) is 0 Å². The van der Waals surface area contributed by atoms with E-state index in [0.717, 1.165) is 9.80 Å². The number of piperidine rings is 2. The second-order valence-electron chi connectivity index (χ2n) is 8.66. The van der Waals surface area contributed by atoms with Crippen molar-refractivity contribution in [2.75, 3.05) is 25.0 Å². The minimum Gasteiger partial charge on any atom is -0.371 e. The van der Waals surface area contributed by atoms with E-state index in [0.29, 0.717) is 31.6 Å². The van der Waals surface area contributed by atoms with Crippen molar-refractivity contribution in [2.45, 2.75) is 50.4 Å². The van der Waals surface area contributed by atoms with Gasteiger partial charge in [-0.2, -0.15) is 13.2 Å². The molecule has 0 radical (unpaired) electrons. The molecular weight excluding hydrogens is 457 g/mol. The Balaban J connectivity index is 1.49. The largest absolute Gasteiger partial charge is 0.397 e. The number of anilines is 1. The molecule has 1 atom stereocenters. The average molecular weight is 480 g/mol. The van der Waals surface area contributed by atoms with Crippen LogP contribution < -0.4 is 10.2 Å². The number of alkyl halides is 3. The minimum atomic E-state index is -4.57. The van der Waals surface area contributed by atoms with E-state index >= 15 is 0 Å². The molecule has 0 spiro atoms. The fourth-order valence-corrected chi connectivity index (χ4v) is 4.75. The SMILES string of the molecule is CN(C(=O)CC(F)(F)F)C1CCN(c2cccc3c2C(=O)N(C2CCC(=O)NC2=O)C3=O)CC1. The highest BCUT2D eigenvalue weighted by Crippen LogP contribution is 2.35. The first-order valence-corrected chi connectivity index (χ1v) is 10.9. The zero-order chi connectivity index (χ0) is 24.8. The molecule has 0 saturated carbocycles. The molecule has 0 aliphatic carbocycles. The molecule has 3 heterocycles. The molecule has 3 aliphatic heterocycles. The number of amides is 5. The van der Waals surface area contributed by atoms with Crippen LogP contribution in [0.2, 0.25) is 0 Å². The Morgan fingerprint density at radius 1 is 1.09 bits per heavy atom. The predicted molar refractivity (Wildman–Crippen MR) is 112 cm³/mol. The zero-order valence-corrected chi connectivity index (χ0v) is 18.4. The molecule has 0 bridgehead atoms. The van der Waals surface area contributed by atoms with Crippen LogP contribution in [0.4, 0.5) is 18.9 Å². The summed E-state index contributed by atoms with van der Waals surface area (Å²) in [5, 5.41) is 2.15. The van der Waals surface area contributed by atoms with Crippen LogP contribution in [-0.4, -0.2) is 77.7 Å². The van der Waals surface area contributed by atoms with Crippen LogP contribution in [-0.2, 0) is 14.4 Å². The van der Waals surface area contributed by atoms with Crippen molar-refractivity contribution in [3.63, 3.8) is 0 Å². The van der Waals surface area contributed by atoms with E-state index in [-0.39, 0.29) is 30.0 Å². The molecule has 9 nitrogen and oxygen atoms in total. The van der Waals surface area contributed by atoms with Gasteiger partial charge in [-0.15, -0.1) is 0 Å². The second kappa shape index (κ2) is 8.73. The molecule has 34 heavy (non-hydrogen) atoms. The van der Waals surface area contributed by atoms with Crippen LogP contribution in [0.25, 0.3) is 0 Å².